The molecule has 2 N–H and O–H groups in total. The van der Waals surface area contributed by atoms with E-state index in [1.54, 1.807) is 0 Å². The summed E-state index contributed by atoms with van der Waals surface area (Å²) < 4.78 is 24.6. The van der Waals surface area contributed by atoms with Crippen molar-refractivity contribution in [1.29, 1.82) is 0 Å². The van der Waals surface area contributed by atoms with E-state index in [0.717, 1.165) is 12.1 Å². The van der Waals surface area contributed by atoms with Gasteiger partial charge in [-0.05, 0) is 44.0 Å². The van der Waals surface area contributed by atoms with Gasteiger partial charge in [-0.2, -0.15) is 0 Å². The first-order chi connectivity index (χ1) is 10.3. The molecule has 0 aromatic heterocycles. The predicted molar refractivity (Wildman–Crippen MR) is 80.4 cm³/mol. The van der Waals surface area contributed by atoms with Crippen molar-refractivity contribution >= 4 is 46.2 Å². The molecule has 2 rings (SSSR count). The van der Waals surface area contributed by atoms with Crippen molar-refractivity contribution in [1.82, 2.24) is 0 Å². The van der Waals surface area contributed by atoms with Crippen molar-refractivity contribution < 1.29 is 82.7 Å². The first kappa shape index (κ1) is 24.3. The average molecular weight is 433 g/mol. The maximum absolute atomic E-state index is 13.0. The van der Waals surface area contributed by atoms with E-state index in [1.165, 1.54) is 30.3 Å². The molecule has 2 aromatic rings. The Bertz CT molecular complexity index is 775. The maximum atomic E-state index is 13.0. The maximum Gasteiger partial charge on any atom is 1.00 e. The molecule has 116 valence electrons. The monoisotopic (exact) mass is 432 g/mol. The zero-order valence-electron chi connectivity index (χ0n) is 12.9. The van der Waals surface area contributed by atoms with E-state index in [1.807, 2.05) is 0 Å². The summed E-state index contributed by atoms with van der Waals surface area (Å²) >= 11 is 3.05. The van der Waals surface area contributed by atoms with Crippen LogP contribution in [0.15, 0.2) is 46.9 Å². The summed E-state index contributed by atoms with van der Waals surface area (Å²) in [4.78, 5) is 34.2. The Morgan fingerprint density at radius 3 is 2.33 bits per heavy atom. The van der Waals surface area contributed by atoms with Crippen LogP contribution >= 0.6 is 23.5 Å². The van der Waals surface area contributed by atoms with E-state index in [2.05, 4.69) is 26.6 Å². The third-order valence-corrected chi connectivity index (χ3v) is 4.04. The van der Waals surface area contributed by atoms with Gasteiger partial charge in [0, 0.05) is 15.5 Å². The van der Waals surface area contributed by atoms with Crippen LogP contribution < -0.4 is 84.8 Å². The minimum absolute atomic E-state index is 0. The van der Waals surface area contributed by atoms with Gasteiger partial charge in [0.15, 0.2) is 0 Å². The van der Waals surface area contributed by atoms with Crippen molar-refractivity contribution in [2.45, 2.75) is 0 Å². The van der Waals surface area contributed by atoms with E-state index in [4.69, 9.17) is 0 Å². The molecule has 0 unspecified atom stereocenters. The number of carbonyl (C=O) groups is 1. The molecule has 0 aliphatic rings. The Balaban J connectivity index is 0.00000264. The molecular formula is C13H9BrFN2Na2O4P. The summed E-state index contributed by atoms with van der Waals surface area (Å²) in [5.74, 6) is -0.536. The molecule has 6 nitrogen and oxygen atoms in total. The van der Waals surface area contributed by atoms with E-state index in [9.17, 15) is 23.5 Å². The molecule has 0 fully saturated rings. The number of carbonyl (C=O) groups excluding carboxylic acids is 1. The summed E-state index contributed by atoms with van der Waals surface area (Å²) in [7, 11) is -5.06. The van der Waals surface area contributed by atoms with Crippen LogP contribution in [0.3, 0.4) is 0 Å². The molecule has 0 spiro atoms. The van der Waals surface area contributed by atoms with Gasteiger partial charge in [0.25, 0.3) is 0 Å². The van der Waals surface area contributed by atoms with Gasteiger partial charge in [-0.25, -0.2) is 9.18 Å². The van der Waals surface area contributed by atoms with Crippen molar-refractivity contribution in [2.24, 2.45) is 0 Å². The summed E-state index contributed by atoms with van der Waals surface area (Å²) in [5.41, 5.74) is 0.0222. The fourth-order valence-corrected chi connectivity index (χ4v) is 2.95. The van der Waals surface area contributed by atoms with Gasteiger partial charge in [-0.1, -0.05) is 22.0 Å². The Labute approximate surface area is 190 Å². The Kier molecular flexibility index (Phi) is 10.5. The van der Waals surface area contributed by atoms with E-state index in [0.29, 0.717) is 4.47 Å². The molecule has 2 aromatic carbocycles. The minimum atomic E-state index is -5.06. The standard InChI is InChI=1S/C13H11BrFN2O4P.2Na/c14-8-4-5-11(12(6-8)22(19,20)21)17-13(18)16-10-3-1-2-9(15)7-10;;/h1-7H,(H2,16,17,18)(H2,19,20,21);;/q;2*+1/p-2. The third-order valence-electron chi connectivity index (χ3n) is 2.59. The van der Waals surface area contributed by atoms with Crippen molar-refractivity contribution in [3.8, 4) is 0 Å². The average Bonchev–Trinajstić information content (AvgIpc) is 2.39. The molecule has 11 heteroatoms. The number of rotatable bonds is 3. The van der Waals surface area contributed by atoms with Crippen LogP contribution in [0.2, 0.25) is 0 Å². The van der Waals surface area contributed by atoms with Crippen molar-refractivity contribution in [3.63, 3.8) is 0 Å². The molecule has 0 aliphatic carbocycles. The Hall–Kier alpha value is 0.270. The third kappa shape index (κ3) is 7.25. The van der Waals surface area contributed by atoms with Crippen LogP contribution in [0, 0.1) is 5.82 Å². The number of benzene rings is 2. The normalized spacial score (nSPS) is 10.2. The first-order valence-corrected chi connectivity index (χ1v) is 8.25. The molecule has 0 radical (unpaired) electrons. The molecule has 2 amide bonds. The zero-order valence-corrected chi connectivity index (χ0v) is 19.4. The van der Waals surface area contributed by atoms with Crippen LogP contribution in [0.4, 0.5) is 20.6 Å². The van der Waals surface area contributed by atoms with Crippen LogP contribution in [-0.4, -0.2) is 6.03 Å². The van der Waals surface area contributed by atoms with Gasteiger partial charge in [0.2, 0.25) is 0 Å². The van der Waals surface area contributed by atoms with Gasteiger partial charge in [0.05, 0.1) is 5.69 Å². The number of nitrogens with one attached hydrogen (secondary N) is 2. The fraction of sp³-hybridized carbons (Fsp3) is 0. The van der Waals surface area contributed by atoms with Crippen molar-refractivity contribution in [3.05, 3.63) is 52.8 Å². The summed E-state index contributed by atoms with van der Waals surface area (Å²) in [6.07, 6.45) is 0. The molecule has 0 atom stereocenters. The second-order valence-electron chi connectivity index (χ2n) is 4.25. The number of hydrogen-bond acceptors (Lipinski definition) is 4. The van der Waals surface area contributed by atoms with Crippen LogP contribution in [0.1, 0.15) is 0 Å². The molecule has 0 saturated carbocycles. The van der Waals surface area contributed by atoms with Crippen LogP contribution in [0.5, 0.6) is 0 Å². The predicted octanol–water partition coefficient (Wildman–Crippen LogP) is -4.22. The van der Waals surface area contributed by atoms with E-state index >= 15 is 0 Å². The van der Waals surface area contributed by atoms with Crippen LogP contribution in [0.25, 0.3) is 0 Å². The Morgan fingerprint density at radius 1 is 1.08 bits per heavy atom. The second-order valence-corrected chi connectivity index (χ2v) is 6.64. The van der Waals surface area contributed by atoms with Gasteiger partial charge in [-0.15, -0.1) is 0 Å². The second kappa shape index (κ2) is 10.4. The quantitative estimate of drug-likeness (QED) is 0.379. The van der Waals surface area contributed by atoms with Gasteiger partial charge in [-0.3, -0.25) is 0 Å². The molecule has 0 bridgehead atoms. The topological polar surface area (TPSA) is 104 Å². The first-order valence-electron chi connectivity index (χ1n) is 5.91. The SMILES string of the molecule is O=C(Nc1cccc(F)c1)Nc1ccc(Br)cc1P(=O)([O-])[O-].[Na+].[Na+]. The molecule has 0 saturated heterocycles. The molecule has 0 heterocycles. The smallest absolute Gasteiger partial charge is 0.807 e. The van der Waals surface area contributed by atoms with Gasteiger partial charge >= 0.3 is 65.1 Å². The largest absolute Gasteiger partial charge is 1.00 e. The zero-order chi connectivity index (χ0) is 16.3. The number of amides is 2. The van der Waals surface area contributed by atoms with Gasteiger partial charge in [0.1, 0.15) is 5.82 Å². The fourth-order valence-electron chi connectivity index (χ4n) is 1.69. The summed E-state index contributed by atoms with van der Waals surface area (Å²) in [6.45, 7) is 0. The number of urea groups is 1. The minimum Gasteiger partial charge on any atom is -0.807 e. The van der Waals surface area contributed by atoms with E-state index in [-0.39, 0.29) is 70.5 Å². The Morgan fingerprint density at radius 2 is 1.75 bits per heavy atom. The number of anilines is 2. The van der Waals surface area contributed by atoms with E-state index < -0.39 is 24.7 Å². The molecule has 0 aliphatic heterocycles. The van der Waals surface area contributed by atoms with Crippen molar-refractivity contribution in [2.75, 3.05) is 10.6 Å². The van der Waals surface area contributed by atoms with Crippen LogP contribution in [-0.2, 0) is 4.57 Å². The van der Waals surface area contributed by atoms with Gasteiger partial charge < -0.3 is 25.0 Å². The summed E-state index contributed by atoms with van der Waals surface area (Å²) in [5, 5.41) is 4.03. The molecule has 24 heavy (non-hydrogen) atoms. The number of halogens is 2. The summed E-state index contributed by atoms with van der Waals surface area (Å²) in [6, 6.07) is 8.19. The number of hydrogen-bond donors (Lipinski definition) is 2. The molecular weight excluding hydrogens is 424 g/mol.